The van der Waals surface area contributed by atoms with Crippen molar-refractivity contribution in [2.45, 2.75) is 19.8 Å². The van der Waals surface area contributed by atoms with E-state index in [1.807, 2.05) is 28.8 Å². The molecule has 0 aliphatic heterocycles. The first-order chi connectivity index (χ1) is 10.6. The third kappa shape index (κ3) is 2.91. The molecule has 0 saturated carbocycles. The Morgan fingerprint density at radius 2 is 1.68 bits per heavy atom. The minimum absolute atomic E-state index is 0.511. The molecule has 0 aliphatic carbocycles. The Kier molecular flexibility index (Phi) is 4.27. The van der Waals surface area contributed by atoms with Gasteiger partial charge in [0, 0.05) is 15.7 Å². The van der Waals surface area contributed by atoms with Crippen LogP contribution in [0.5, 0.6) is 0 Å². The second-order valence-electron chi connectivity index (χ2n) is 5.44. The Bertz CT molecular complexity index is 830. The molecule has 1 heterocycles. The van der Waals surface area contributed by atoms with Crippen molar-refractivity contribution in [3.63, 3.8) is 0 Å². The zero-order valence-electron chi connectivity index (χ0n) is 12.4. The van der Waals surface area contributed by atoms with Gasteiger partial charge in [0.05, 0.1) is 0 Å². The van der Waals surface area contributed by atoms with E-state index >= 15 is 0 Å². The van der Waals surface area contributed by atoms with Gasteiger partial charge in [-0.25, -0.2) is 0 Å². The van der Waals surface area contributed by atoms with E-state index < -0.39 is 0 Å². The summed E-state index contributed by atoms with van der Waals surface area (Å²) in [6.07, 6.45) is 0. The van der Waals surface area contributed by atoms with Gasteiger partial charge >= 0.3 is 0 Å². The van der Waals surface area contributed by atoms with E-state index in [9.17, 15) is 0 Å². The summed E-state index contributed by atoms with van der Waals surface area (Å²) in [5.74, 6) is 1.33. The van der Waals surface area contributed by atoms with Gasteiger partial charge in [-0.15, -0.1) is 0 Å². The minimum Gasteiger partial charge on any atom is -0.268 e. The van der Waals surface area contributed by atoms with Crippen LogP contribution in [0.1, 0.15) is 25.3 Å². The molecular weight excluding hydrogens is 358 g/mol. The van der Waals surface area contributed by atoms with Crippen LogP contribution < -0.4 is 0 Å². The molecule has 0 fully saturated rings. The van der Waals surface area contributed by atoms with E-state index in [4.69, 9.17) is 12.2 Å². The third-order valence-electron chi connectivity index (χ3n) is 3.59. The van der Waals surface area contributed by atoms with Gasteiger partial charge in [0.1, 0.15) is 0 Å². The van der Waals surface area contributed by atoms with Crippen molar-refractivity contribution < 1.29 is 0 Å². The van der Waals surface area contributed by atoms with Crippen molar-refractivity contribution in [2.75, 3.05) is 0 Å². The third-order valence-corrected chi connectivity index (χ3v) is 4.40. The average molecular weight is 374 g/mol. The number of aromatic amines is 1. The van der Waals surface area contributed by atoms with E-state index in [-0.39, 0.29) is 0 Å². The van der Waals surface area contributed by atoms with E-state index in [2.05, 4.69) is 64.2 Å². The highest BCUT2D eigenvalue weighted by Gasteiger charge is 2.11. The maximum absolute atomic E-state index is 5.40. The summed E-state index contributed by atoms with van der Waals surface area (Å²) in [7, 11) is 0. The van der Waals surface area contributed by atoms with Crippen LogP contribution in [0, 0.1) is 4.77 Å². The topological polar surface area (TPSA) is 33.6 Å². The van der Waals surface area contributed by atoms with Crippen molar-refractivity contribution in [3.8, 4) is 17.1 Å². The second-order valence-corrected chi connectivity index (χ2v) is 6.74. The molecule has 112 valence electrons. The Morgan fingerprint density at radius 1 is 1.05 bits per heavy atom. The van der Waals surface area contributed by atoms with E-state index in [1.54, 1.807) is 0 Å². The summed E-state index contributed by atoms with van der Waals surface area (Å²) in [6, 6.07) is 16.5. The molecule has 0 saturated heterocycles. The monoisotopic (exact) mass is 373 g/mol. The lowest BCUT2D eigenvalue weighted by atomic mass is 10.0. The van der Waals surface area contributed by atoms with Gasteiger partial charge in [0.25, 0.3) is 0 Å². The summed E-state index contributed by atoms with van der Waals surface area (Å²) in [4.78, 5) is 0. The summed E-state index contributed by atoms with van der Waals surface area (Å²) in [5, 5.41) is 7.27. The Balaban J connectivity index is 2.09. The summed E-state index contributed by atoms with van der Waals surface area (Å²) in [5.41, 5.74) is 3.34. The summed E-state index contributed by atoms with van der Waals surface area (Å²) in [6.45, 7) is 4.37. The molecule has 3 aromatic rings. The first kappa shape index (κ1) is 15.2. The first-order valence-corrected chi connectivity index (χ1v) is 8.30. The predicted molar refractivity (Wildman–Crippen MR) is 96.0 cm³/mol. The van der Waals surface area contributed by atoms with Crippen LogP contribution in [-0.4, -0.2) is 14.8 Å². The number of hydrogen-bond acceptors (Lipinski definition) is 2. The number of nitrogens with zero attached hydrogens (tertiary/aromatic N) is 2. The number of hydrogen-bond donors (Lipinski definition) is 1. The van der Waals surface area contributed by atoms with Crippen LogP contribution in [0.4, 0.5) is 0 Å². The molecule has 0 unspecified atom stereocenters. The zero-order valence-corrected chi connectivity index (χ0v) is 14.8. The van der Waals surface area contributed by atoms with Gasteiger partial charge in [0.15, 0.2) is 10.6 Å². The maximum atomic E-state index is 5.40. The van der Waals surface area contributed by atoms with E-state index in [0.29, 0.717) is 10.7 Å². The lowest BCUT2D eigenvalue weighted by molar-refractivity contribution is 0.865. The molecule has 3 rings (SSSR count). The first-order valence-electron chi connectivity index (χ1n) is 7.10. The average Bonchev–Trinajstić information content (AvgIpc) is 2.90. The summed E-state index contributed by atoms with van der Waals surface area (Å²) < 4.78 is 3.59. The summed E-state index contributed by atoms with van der Waals surface area (Å²) >= 11 is 8.85. The van der Waals surface area contributed by atoms with Crippen molar-refractivity contribution in [2.24, 2.45) is 0 Å². The molecule has 0 atom stereocenters. The highest BCUT2D eigenvalue weighted by molar-refractivity contribution is 9.10. The second kappa shape index (κ2) is 6.18. The van der Waals surface area contributed by atoms with Crippen LogP contribution in [0.2, 0.25) is 0 Å². The minimum atomic E-state index is 0.511. The number of aromatic nitrogens is 3. The molecule has 2 aromatic carbocycles. The largest absolute Gasteiger partial charge is 0.268 e. The molecular formula is C17H16BrN3S. The van der Waals surface area contributed by atoms with E-state index in [1.165, 1.54) is 5.56 Å². The van der Waals surface area contributed by atoms with Gasteiger partial charge in [-0.3, -0.25) is 9.67 Å². The number of benzene rings is 2. The fourth-order valence-electron chi connectivity index (χ4n) is 2.34. The smallest absolute Gasteiger partial charge is 0.200 e. The van der Waals surface area contributed by atoms with Crippen LogP contribution in [-0.2, 0) is 0 Å². The zero-order chi connectivity index (χ0) is 15.7. The SMILES string of the molecule is CC(C)c1ccc(-n2c(-c3ccc(Br)cc3)n[nH]c2=S)cc1. The van der Waals surface area contributed by atoms with Gasteiger partial charge in [-0.05, 0) is 48.0 Å². The van der Waals surface area contributed by atoms with Crippen molar-refractivity contribution in [1.82, 2.24) is 14.8 Å². The standard InChI is InChI=1S/C17H16BrN3S/c1-11(2)12-5-9-15(10-6-12)21-16(19-20-17(21)22)13-3-7-14(18)8-4-13/h3-11H,1-2H3,(H,20,22). The fourth-order valence-corrected chi connectivity index (χ4v) is 2.84. The van der Waals surface area contributed by atoms with Crippen LogP contribution in [0.3, 0.4) is 0 Å². The Morgan fingerprint density at radius 3 is 2.27 bits per heavy atom. The van der Waals surface area contributed by atoms with Gasteiger partial charge in [-0.1, -0.05) is 54.0 Å². The Labute approximate surface area is 143 Å². The molecule has 5 heteroatoms. The molecule has 0 bridgehead atoms. The van der Waals surface area contributed by atoms with Gasteiger partial charge in [0.2, 0.25) is 0 Å². The highest BCUT2D eigenvalue weighted by atomic mass is 79.9. The molecule has 1 aromatic heterocycles. The Hall–Kier alpha value is -1.72. The van der Waals surface area contributed by atoms with Crippen molar-refractivity contribution in [1.29, 1.82) is 0 Å². The quantitative estimate of drug-likeness (QED) is 0.616. The van der Waals surface area contributed by atoms with Crippen molar-refractivity contribution >= 4 is 28.1 Å². The number of H-pyrrole nitrogens is 1. The lowest BCUT2D eigenvalue weighted by Crippen LogP contribution is -1.98. The van der Waals surface area contributed by atoms with Gasteiger partial charge < -0.3 is 0 Å². The normalized spacial score (nSPS) is 11.1. The molecule has 0 amide bonds. The molecule has 0 aliphatic rings. The number of rotatable bonds is 3. The van der Waals surface area contributed by atoms with Gasteiger partial charge in [-0.2, -0.15) is 5.10 Å². The maximum Gasteiger partial charge on any atom is 0.200 e. The fraction of sp³-hybridized carbons (Fsp3) is 0.176. The predicted octanol–water partition coefficient (Wildman–Crippen LogP) is 5.48. The van der Waals surface area contributed by atoms with Crippen LogP contribution >= 0.6 is 28.1 Å². The van der Waals surface area contributed by atoms with Crippen molar-refractivity contribution in [3.05, 3.63) is 63.3 Å². The molecule has 1 N–H and O–H groups in total. The van der Waals surface area contributed by atoms with E-state index in [0.717, 1.165) is 21.5 Å². The molecule has 3 nitrogen and oxygen atoms in total. The number of nitrogens with one attached hydrogen (secondary N) is 1. The molecule has 22 heavy (non-hydrogen) atoms. The van der Waals surface area contributed by atoms with Crippen LogP contribution in [0.15, 0.2) is 53.0 Å². The molecule has 0 spiro atoms. The lowest BCUT2D eigenvalue weighted by Gasteiger charge is -2.10. The molecule has 0 radical (unpaired) electrons. The highest BCUT2D eigenvalue weighted by Crippen LogP contribution is 2.24. The van der Waals surface area contributed by atoms with Crippen LogP contribution in [0.25, 0.3) is 17.1 Å². The number of halogens is 1.